The predicted octanol–water partition coefficient (Wildman–Crippen LogP) is 7.33. The largest absolute Gasteiger partial charge is 0.495 e. The topological polar surface area (TPSA) is 385 Å². The minimum atomic E-state index is -3.11. The maximum atomic E-state index is 12.6. The van der Waals surface area contributed by atoms with Crippen molar-refractivity contribution in [3.05, 3.63) is 82.9 Å². The molecule has 0 bridgehead atoms. The zero-order valence-corrected chi connectivity index (χ0v) is 48.5. The van der Waals surface area contributed by atoms with Crippen molar-refractivity contribution in [3.63, 3.8) is 0 Å². The zero-order chi connectivity index (χ0) is 60.6. The molecule has 4 aromatic rings. The molecule has 5 rings (SSSR count). The summed E-state index contributed by atoms with van der Waals surface area (Å²) in [4.78, 5) is 73.5. The van der Waals surface area contributed by atoms with Crippen molar-refractivity contribution in [2.45, 2.75) is 126 Å². The number of benzene rings is 2. The van der Waals surface area contributed by atoms with Gasteiger partial charge < -0.3 is 14.9 Å². The second kappa shape index (κ2) is 37.4. The molecule has 3 heterocycles. The number of fused-ring (bicyclic) bond motifs is 1. The van der Waals surface area contributed by atoms with Crippen LogP contribution in [-0.2, 0) is 52.6 Å². The summed E-state index contributed by atoms with van der Waals surface area (Å²) in [6, 6.07) is 16.5. The Hall–Kier alpha value is -7.40. The van der Waals surface area contributed by atoms with E-state index < -0.39 is 42.4 Å². The summed E-state index contributed by atoms with van der Waals surface area (Å²) < 4.78 is 112. The number of Topliss-reactive ketones (excluding diaryl/α,β-unsaturated/α-hetero) is 5. The van der Waals surface area contributed by atoms with Gasteiger partial charge in [-0.05, 0) is 116 Å². The molecule has 2 aromatic heterocycles. The van der Waals surface area contributed by atoms with Crippen LogP contribution in [0.25, 0.3) is 22.3 Å². The van der Waals surface area contributed by atoms with Crippen molar-refractivity contribution < 1.29 is 84.0 Å². The lowest BCUT2D eigenvalue weighted by atomic mass is 9.81. The van der Waals surface area contributed by atoms with Gasteiger partial charge in [0, 0.05) is 42.7 Å². The molecule has 0 atom stereocenters. The van der Waals surface area contributed by atoms with E-state index in [1.54, 1.807) is 51.5 Å². The summed E-state index contributed by atoms with van der Waals surface area (Å²) in [5.41, 5.74) is 10.6. The molecule has 0 spiro atoms. The molecule has 78 heavy (non-hydrogen) atoms. The molecule has 1 aliphatic rings. The Bertz CT molecular complexity index is 3040. The van der Waals surface area contributed by atoms with Gasteiger partial charge in [0.1, 0.15) is 45.7 Å². The molecule has 0 saturated carbocycles. The molecular weight excluding hydrogens is 1100 g/mol. The maximum absolute atomic E-state index is 12.6. The molecule has 0 fully saturated rings. The van der Waals surface area contributed by atoms with Gasteiger partial charge in [-0.3, -0.25) is 34.8 Å². The van der Waals surface area contributed by atoms with Crippen LogP contribution in [0.4, 0.5) is 11.4 Å². The Balaban J connectivity index is 0. The highest BCUT2D eigenvalue weighted by Gasteiger charge is 2.35. The fraction of sp³-hybridized carbons (Fsp3) is 0.440. The van der Waals surface area contributed by atoms with E-state index in [0.29, 0.717) is 65.6 Å². The van der Waals surface area contributed by atoms with E-state index in [4.69, 9.17) is 70.8 Å². The van der Waals surface area contributed by atoms with Gasteiger partial charge >= 0.3 is 42.4 Å². The number of pyridine rings is 2. The lowest BCUT2D eigenvalue weighted by molar-refractivity contribution is -0.119. The van der Waals surface area contributed by atoms with Crippen molar-refractivity contribution >= 4 is 88.4 Å². The average molecular weight is 1170 g/mol. The van der Waals surface area contributed by atoms with Gasteiger partial charge in [0.05, 0.1) is 19.9 Å². The van der Waals surface area contributed by atoms with Crippen molar-refractivity contribution in [3.8, 4) is 33.8 Å². The first-order valence-corrected chi connectivity index (χ1v) is 27.5. The number of methoxy groups -OCH3 is 2. The third kappa shape index (κ3) is 27.1. The molecule has 1 aliphatic heterocycles. The number of carbonyl (C=O) groups is 5. The zero-order valence-electron chi connectivity index (χ0n) is 45.2. The first-order chi connectivity index (χ1) is 36.3. The van der Waals surface area contributed by atoms with Crippen LogP contribution >= 0.6 is 0 Å². The van der Waals surface area contributed by atoms with E-state index in [1.165, 1.54) is 0 Å². The monoisotopic (exact) mass is 1170 g/mol. The SMILES string of the molecule is CC(=O)C(C)C.CCCC(=O)c1cc(-c2cc(OC)c3c(c2)C(C)(C)C(C)=N3)cc(C(=O)CCC)n1.CCCC(=O)c1cc(-c2ccc(NN)c(OC)c2)cc(C(=O)CCC)n1.O=S(=O)=O.O=S(=O)=O.O=S(=O)=O.O=S(=O)=O. The van der Waals surface area contributed by atoms with Crippen molar-refractivity contribution in [1.29, 1.82) is 0 Å². The molecule has 0 unspecified atom stereocenters. The van der Waals surface area contributed by atoms with E-state index in [2.05, 4.69) is 35.3 Å². The highest BCUT2D eigenvalue weighted by Crippen LogP contribution is 2.47. The molecule has 0 radical (unpaired) electrons. The van der Waals surface area contributed by atoms with Gasteiger partial charge in [-0.25, -0.2) is 9.97 Å². The van der Waals surface area contributed by atoms with E-state index in [0.717, 1.165) is 64.9 Å². The van der Waals surface area contributed by atoms with Gasteiger partial charge in [0.25, 0.3) is 0 Å². The van der Waals surface area contributed by atoms with Gasteiger partial charge in [0.2, 0.25) is 0 Å². The second-order valence-corrected chi connectivity index (χ2v) is 18.6. The van der Waals surface area contributed by atoms with Crippen LogP contribution in [0.3, 0.4) is 0 Å². The quantitative estimate of drug-likeness (QED) is 0.0559. The van der Waals surface area contributed by atoms with Crippen molar-refractivity contribution in [1.82, 2.24) is 9.97 Å². The molecule has 24 nitrogen and oxygen atoms in total. The normalized spacial score (nSPS) is 10.9. The Kier molecular flexibility index (Phi) is 34.8. The van der Waals surface area contributed by atoms with Crippen LogP contribution < -0.4 is 20.7 Å². The van der Waals surface area contributed by atoms with Crippen LogP contribution in [-0.4, -0.2) is 109 Å². The second-order valence-electron chi connectivity index (χ2n) is 17.0. The minimum Gasteiger partial charge on any atom is -0.495 e. The van der Waals surface area contributed by atoms with E-state index >= 15 is 0 Å². The number of rotatable bonds is 18. The summed E-state index contributed by atoms with van der Waals surface area (Å²) in [6.07, 6.45) is 4.55. The summed E-state index contributed by atoms with van der Waals surface area (Å²) in [7, 11) is -9.26. The number of ether oxygens (including phenoxy) is 2. The maximum Gasteiger partial charge on any atom is 0.425 e. The fourth-order valence-electron chi connectivity index (χ4n) is 6.40. The molecule has 3 N–H and O–H groups in total. The number of nitrogens with two attached hydrogens (primary N) is 1. The Morgan fingerprint density at radius 1 is 0.538 bits per heavy atom. The first-order valence-electron chi connectivity index (χ1n) is 23.5. The van der Waals surface area contributed by atoms with Crippen LogP contribution in [0, 0.1) is 5.92 Å². The van der Waals surface area contributed by atoms with Gasteiger partial charge in [-0.2, -0.15) is 0 Å². The lowest BCUT2D eigenvalue weighted by Gasteiger charge is -2.21. The Morgan fingerprint density at radius 3 is 1.12 bits per heavy atom. The number of ketones is 5. The third-order valence-electron chi connectivity index (χ3n) is 10.7. The van der Waals surface area contributed by atoms with E-state index in [-0.39, 0.29) is 40.2 Å². The standard InChI is InChI=1S/C25H30N2O3.C20H25N3O3.C5H10O.4O3S/c1-7-9-21(28)19-12-17(13-20(27-19)22(29)10-8-2)16-11-18-24(23(14-16)30-6)26-15(3)25(18,4)5;1-4-6-18(24)16-10-14(11-17(22-16)19(25)7-5-2)13-8-9-15(23-21)20(12-13)26-3;1-4(2)5(3)6;4*1-4(2)3/h11-14H,7-10H2,1-6H3;8-12,23H,4-7,21H2,1-3H3;4H,1-3H3;;;;. The van der Waals surface area contributed by atoms with E-state index in [9.17, 15) is 24.0 Å². The lowest BCUT2D eigenvalue weighted by Crippen LogP contribution is -2.22. The summed E-state index contributed by atoms with van der Waals surface area (Å²) in [6.45, 7) is 19.5. The highest BCUT2D eigenvalue weighted by molar-refractivity contribution is 7.59. The van der Waals surface area contributed by atoms with Gasteiger partial charge in [-0.1, -0.05) is 61.5 Å². The smallest absolute Gasteiger partial charge is 0.425 e. The van der Waals surface area contributed by atoms with Crippen LogP contribution in [0.2, 0.25) is 0 Å². The van der Waals surface area contributed by atoms with E-state index in [1.807, 2.05) is 66.7 Å². The number of carbonyl (C=O) groups excluding carboxylic acids is 5. The molecule has 28 heteroatoms. The predicted molar refractivity (Wildman–Crippen MR) is 287 cm³/mol. The summed E-state index contributed by atoms with van der Waals surface area (Å²) in [5.74, 6) is 7.00. The number of nitrogens with one attached hydrogen (secondary N) is 1. The number of nitrogens with zero attached hydrogens (tertiary/aromatic N) is 3. The molecular formula is C50H65N5O19S4. The van der Waals surface area contributed by atoms with Crippen molar-refractivity contribution in [2.75, 3.05) is 19.6 Å². The summed E-state index contributed by atoms with van der Waals surface area (Å²) in [5, 5.41) is 0. The number of hydrazine groups is 1. The fourth-order valence-corrected chi connectivity index (χ4v) is 6.40. The minimum absolute atomic E-state index is 0.0440. The number of hydrogen-bond donors (Lipinski definition) is 2. The number of nitrogen functional groups attached to an aromatic ring is 1. The summed E-state index contributed by atoms with van der Waals surface area (Å²) >= 11 is 0. The van der Waals surface area contributed by atoms with Crippen LogP contribution in [0.1, 0.15) is 168 Å². The van der Waals surface area contributed by atoms with Crippen molar-refractivity contribution in [2.24, 2.45) is 16.8 Å². The van der Waals surface area contributed by atoms with Crippen LogP contribution in [0.15, 0.2) is 59.6 Å². The Labute approximate surface area is 459 Å². The number of anilines is 1. The third-order valence-corrected chi connectivity index (χ3v) is 10.7. The molecule has 428 valence electrons. The highest BCUT2D eigenvalue weighted by atomic mass is 32.2. The molecule has 0 aliphatic carbocycles. The number of aliphatic imine (C=N–C) groups is 1. The molecule has 2 aromatic carbocycles. The average Bonchev–Trinajstić information content (AvgIpc) is 3.59. The number of aromatic nitrogens is 2. The van der Waals surface area contributed by atoms with Gasteiger partial charge in [-0.15, -0.1) is 50.5 Å². The first kappa shape index (κ1) is 72.7. The molecule has 0 amide bonds. The Morgan fingerprint density at radius 2 is 0.833 bits per heavy atom. The number of hydrogen-bond acceptors (Lipinski definition) is 24. The van der Waals surface area contributed by atoms with Gasteiger partial charge in [0.15, 0.2) is 23.1 Å². The van der Waals surface area contributed by atoms with Crippen LogP contribution in [0.5, 0.6) is 11.5 Å². The molecule has 0 saturated heterocycles.